The van der Waals surface area contributed by atoms with Gasteiger partial charge >= 0.3 is 0 Å². The Bertz CT molecular complexity index is 418. The number of halogens is 2. The molecule has 0 bridgehead atoms. The lowest BCUT2D eigenvalue weighted by molar-refractivity contribution is 0.292. The molecule has 1 aliphatic heterocycles. The van der Waals surface area contributed by atoms with Crippen LogP contribution in [0.5, 0.6) is 0 Å². The first-order valence-corrected chi connectivity index (χ1v) is 8.91. The van der Waals surface area contributed by atoms with Gasteiger partial charge in [-0.2, -0.15) is 0 Å². The van der Waals surface area contributed by atoms with Gasteiger partial charge in [-0.05, 0) is 40.5 Å². The molecule has 4 heteroatoms. The number of rotatable bonds is 1. The molecule has 0 spiro atoms. The van der Waals surface area contributed by atoms with Crippen molar-refractivity contribution in [2.24, 2.45) is 11.3 Å². The fourth-order valence-electron chi connectivity index (χ4n) is 1.85. The molecule has 1 saturated heterocycles. The molecule has 0 radical (unpaired) electrons. The Labute approximate surface area is 128 Å². The molecule has 0 atom stereocenters. The lowest BCUT2D eigenvalue weighted by Gasteiger charge is -2.36. The zero-order valence-electron chi connectivity index (χ0n) is 10.9. The lowest BCUT2D eigenvalue weighted by atomic mass is 9.83. The first kappa shape index (κ1) is 14.9. The van der Waals surface area contributed by atoms with Gasteiger partial charge in [0.1, 0.15) is 0 Å². The summed E-state index contributed by atoms with van der Waals surface area (Å²) in [4.78, 5) is 0. The van der Waals surface area contributed by atoms with Crippen molar-refractivity contribution in [3.05, 3.63) is 33.8 Å². The average Bonchev–Trinajstić information content (AvgIpc) is 2.32. The van der Waals surface area contributed by atoms with Crippen LogP contribution in [0.4, 0.5) is 0 Å². The first-order valence-electron chi connectivity index (χ1n) is 6.06. The van der Waals surface area contributed by atoms with E-state index in [1.807, 2.05) is 35.7 Å². The van der Waals surface area contributed by atoms with Crippen molar-refractivity contribution in [1.82, 2.24) is 0 Å². The summed E-state index contributed by atoms with van der Waals surface area (Å²) in [7, 11) is 0. The highest BCUT2D eigenvalue weighted by Gasteiger charge is 2.31. The zero-order valence-corrected chi connectivity index (χ0v) is 14.0. The standard InChI is InChI=1S/C14H18Cl2S2/c1-14(2,3)10-7-17-13(18-8-10)9-4-5-11(15)12(16)6-9/h4-6,10,13H,7-8H2,1-3H3. The van der Waals surface area contributed by atoms with Crippen LogP contribution in [-0.2, 0) is 0 Å². The van der Waals surface area contributed by atoms with Gasteiger partial charge in [0.25, 0.3) is 0 Å². The Morgan fingerprint density at radius 1 is 1.06 bits per heavy atom. The SMILES string of the molecule is CC(C)(C)C1CSC(c2ccc(Cl)c(Cl)c2)SC1. The molecule has 0 amide bonds. The van der Waals surface area contributed by atoms with E-state index in [-0.39, 0.29) is 0 Å². The summed E-state index contributed by atoms with van der Waals surface area (Å²) in [6.07, 6.45) is 0. The van der Waals surface area contributed by atoms with Crippen molar-refractivity contribution < 1.29 is 0 Å². The summed E-state index contributed by atoms with van der Waals surface area (Å²) in [5.74, 6) is 3.23. The molecule has 100 valence electrons. The Hall–Kier alpha value is 0.500. The fraction of sp³-hybridized carbons (Fsp3) is 0.571. The van der Waals surface area contributed by atoms with E-state index in [1.165, 1.54) is 17.1 Å². The third-order valence-electron chi connectivity index (χ3n) is 3.34. The maximum absolute atomic E-state index is 6.08. The predicted octanol–water partition coefficient (Wildman–Crippen LogP) is 6.13. The number of hydrogen-bond donors (Lipinski definition) is 0. The van der Waals surface area contributed by atoms with E-state index in [9.17, 15) is 0 Å². The molecule has 0 nitrogen and oxygen atoms in total. The summed E-state index contributed by atoms with van der Waals surface area (Å²) >= 11 is 16.1. The van der Waals surface area contributed by atoms with Gasteiger partial charge in [0.05, 0.1) is 14.6 Å². The summed E-state index contributed by atoms with van der Waals surface area (Å²) in [5.41, 5.74) is 1.69. The molecule has 0 saturated carbocycles. The van der Waals surface area contributed by atoms with Crippen molar-refractivity contribution in [3.8, 4) is 0 Å². The molecular formula is C14H18Cl2S2. The maximum Gasteiger partial charge on any atom is 0.0752 e. The van der Waals surface area contributed by atoms with Crippen LogP contribution in [0.1, 0.15) is 30.9 Å². The number of thioether (sulfide) groups is 2. The highest BCUT2D eigenvalue weighted by atomic mass is 35.5. The summed E-state index contributed by atoms with van der Waals surface area (Å²) in [6.45, 7) is 6.99. The first-order chi connectivity index (χ1) is 8.38. The van der Waals surface area contributed by atoms with Gasteiger partial charge in [-0.3, -0.25) is 0 Å². The van der Waals surface area contributed by atoms with Crippen LogP contribution in [0.25, 0.3) is 0 Å². The molecule has 0 aliphatic carbocycles. The van der Waals surface area contributed by atoms with Gasteiger partial charge in [0, 0.05) is 0 Å². The monoisotopic (exact) mass is 320 g/mol. The fourth-order valence-corrected chi connectivity index (χ4v) is 5.89. The lowest BCUT2D eigenvalue weighted by Crippen LogP contribution is -2.27. The second-order valence-corrected chi connectivity index (χ2v) is 9.12. The van der Waals surface area contributed by atoms with E-state index >= 15 is 0 Å². The summed E-state index contributed by atoms with van der Waals surface area (Å²) < 4.78 is 0.498. The van der Waals surface area contributed by atoms with Crippen LogP contribution in [-0.4, -0.2) is 11.5 Å². The third kappa shape index (κ3) is 3.53. The minimum Gasteiger partial charge on any atom is -0.142 e. The second-order valence-electron chi connectivity index (χ2n) is 5.74. The van der Waals surface area contributed by atoms with Gasteiger partial charge in [-0.1, -0.05) is 50.0 Å². The maximum atomic E-state index is 6.08. The van der Waals surface area contributed by atoms with Crippen molar-refractivity contribution in [2.45, 2.75) is 25.4 Å². The molecule has 18 heavy (non-hydrogen) atoms. The zero-order chi connectivity index (χ0) is 13.3. The van der Waals surface area contributed by atoms with E-state index in [4.69, 9.17) is 23.2 Å². The van der Waals surface area contributed by atoms with Crippen molar-refractivity contribution >= 4 is 46.7 Å². The van der Waals surface area contributed by atoms with Gasteiger partial charge in [0.15, 0.2) is 0 Å². The number of hydrogen-bond acceptors (Lipinski definition) is 2. The molecule has 1 aliphatic rings. The van der Waals surface area contributed by atoms with Crippen molar-refractivity contribution in [1.29, 1.82) is 0 Å². The third-order valence-corrected chi connectivity index (χ3v) is 7.23. The molecule has 1 heterocycles. The smallest absolute Gasteiger partial charge is 0.0752 e. The van der Waals surface area contributed by atoms with Gasteiger partial charge in [-0.25, -0.2) is 0 Å². The Morgan fingerprint density at radius 3 is 2.17 bits per heavy atom. The highest BCUT2D eigenvalue weighted by Crippen LogP contribution is 2.49. The van der Waals surface area contributed by atoms with Gasteiger partial charge < -0.3 is 0 Å². The number of benzene rings is 1. The van der Waals surface area contributed by atoms with Crippen LogP contribution in [0.2, 0.25) is 10.0 Å². The van der Waals surface area contributed by atoms with E-state index in [0.29, 0.717) is 20.0 Å². The molecular weight excluding hydrogens is 303 g/mol. The van der Waals surface area contributed by atoms with Crippen LogP contribution in [0.3, 0.4) is 0 Å². The van der Waals surface area contributed by atoms with Gasteiger partial charge in [0.2, 0.25) is 0 Å². The van der Waals surface area contributed by atoms with E-state index < -0.39 is 0 Å². The Kier molecular flexibility index (Phi) is 4.86. The average molecular weight is 321 g/mol. The van der Waals surface area contributed by atoms with Crippen molar-refractivity contribution in [3.63, 3.8) is 0 Å². The minimum absolute atomic E-state index is 0.405. The Balaban J connectivity index is 2.03. The molecule has 1 aromatic rings. The molecule has 1 aromatic carbocycles. The van der Waals surface area contributed by atoms with Crippen LogP contribution in [0.15, 0.2) is 18.2 Å². The van der Waals surface area contributed by atoms with E-state index in [2.05, 4.69) is 26.8 Å². The topological polar surface area (TPSA) is 0 Å². The summed E-state index contributed by atoms with van der Waals surface area (Å²) in [5, 5.41) is 1.30. The van der Waals surface area contributed by atoms with Crippen LogP contribution >= 0.6 is 46.7 Å². The van der Waals surface area contributed by atoms with E-state index in [0.717, 1.165) is 5.92 Å². The predicted molar refractivity (Wildman–Crippen MR) is 87.1 cm³/mol. The highest BCUT2D eigenvalue weighted by molar-refractivity contribution is 8.16. The van der Waals surface area contributed by atoms with Crippen molar-refractivity contribution in [2.75, 3.05) is 11.5 Å². The molecule has 0 unspecified atom stereocenters. The molecule has 0 N–H and O–H groups in total. The molecule has 0 aromatic heterocycles. The summed E-state index contributed by atoms with van der Waals surface area (Å²) in [6, 6.07) is 6.00. The van der Waals surface area contributed by atoms with Gasteiger partial charge in [-0.15, -0.1) is 23.5 Å². The van der Waals surface area contributed by atoms with E-state index in [1.54, 1.807) is 0 Å². The second kappa shape index (κ2) is 5.87. The molecule has 2 rings (SSSR count). The van der Waals surface area contributed by atoms with Crippen LogP contribution < -0.4 is 0 Å². The minimum atomic E-state index is 0.405. The van der Waals surface area contributed by atoms with Crippen LogP contribution in [0, 0.1) is 11.3 Å². The Morgan fingerprint density at radius 2 is 1.67 bits per heavy atom. The molecule has 1 fully saturated rings. The largest absolute Gasteiger partial charge is 0.142 e. The quantitative estimate of drug-likeness (QED) is 0.610. The normalized spacial score (nSPS) is 25.2.